The maximum Gasteiger partial charge on any atom is 0.341 e. The van der Waals surface area contributed by atoms with Crippen LogP contribution in [0.25, 0.3) is 22.8 Å². The number of benzene rings is 1. The van der Waals surface area contributed by atoms with Gasteiger partial charge in [-0.25, -0.2) is 9.78 Å². The van der Waals surface area contributed by atoms with Gasteiger partial charge < -0.3 is 14.0 Å². The van der Waals surface area contributed by atoms with E-state index in [9.17, 15) is 14.4 Å². The number of halogens is 1. The summed E-state index contributed by atoms with van der Waals surface area (Å²) in [6, 6.07) is 13.6. The zero-order chi connectivity index (χ0) is 27.1. The second-order valence-corrected chi connectivity index (χ2v) is 8.66. The predicted molar refractivity (Wildman–Crippen MR) is 145 cm³/mol. The topological polar surface area (TPSA) is 104 Å². The van der Waals surface area contributed by atoms with Crippen LogP contribution in [0.15, 0.2) is 70.6 Å². The second-order valence-electron chi connectivity index (χ2n) is 8.22. The molecule has 3 heterocycles. The average molecular weight is 535 g/mol. The highest BCUT2D eigenvalue weighted by atomic mass is 35.5. The monoisotopic (exact) mass is 534 g/mol. The number of esters is 1. The number of amides is 1. The fourth-order valence-corrected chi connectivity index (χ4v) is 4.05. The molecule has 3 aromatic heterocycles. The molecule has 0 aliphatic rings. The Labute approximate surface area is 223 Å². The van der Waals surface area contributed by atoms with Gasteiger partial charge in [0.2, 0.25) is 0 Å². The zero-order valence-corrected chi connectivity index (χ0v) is 21.9. The molecule has 0 N–H and O–H groups in total. The number of rotatable bonds is 9. The lowest BCUT2D eigenvalue weighted by Crippen LogP contribution is -2.33. The molecule has 0 aliphatic carbocycles. The summed E-state index contributed by atoms with van der Waals surface area (Å²) in [4.78, 5) is 48.3. The number of pyridine rings is 2. The van der Waals surface area contributed by atoms with Gasteiger partial charge in [-0.05, 0) is 62.2 Å². The fraction of sp³-hybridized carbons (Fsp3) is 0.250. The number of hydrogen-bond donors (Lipinski definition) is 0. The molecule has 0 atom stereocenters. The summed E-state index contributed by atoms with van der Waals surface area (Å²) in [5, 5.41) is 0.786. The Balaban J connectivity index is 1.95. The van der Waals surface area contributed by atoms with Gasteiger partial charge in [0.05, 0.1) is 12.0 Å². The van der Waals surface area contributed by atoms with Gasteiger partial charge in [0.1, 0.15) is 16.9 Å². The molecule has 0 aliphatic heterocycles. The van der Waals surface area contributed by atoms with Crippen LogP contribution in [0.4, 0.5) is 0 Å². The highest BCUT2D eigenvalue weighted by Gasteiger charge is 2.19. The predicted octanol–water partition coefficient (Wildman–Crippen LogP) is 4.05. The number of fused-ring (bicyclic) bond motifs is 2. The van der Waals surface area contributed by atoms with E-state index in [4.69, 9.17) is 21.1 Å². The van der Waals surface area contributed by atoms with Gasteiger partial charge in [-0.2, -0.15) is 4.99 Å². The van der Waals surface area contributed by atoms with Gasteiger partial charge >= 0.3 is 5.97 Å². The molecule has 0 radical (unpaired) electrons. The maximum atomic E-state index is 13.4. The molecule has 1 amide bonds. The summed E-state index contributed by atoms with van der Waals surface area (Å²) in [6.07, 6.45) is 5.05. The first-order valence-corrected chi connectivity index (χ1v) is 12.6. The maximum absolute atomic E-state index is 13.4. The Morgan fingerprint density at radius 3 is 2.63 bits per heavy atom. The van der Waals surface area contributed by atoms with Crippen LogP contribution in [0, 0.1) is 0 Å². The number of aromatic nitrogens is 3. The first-order chi connectivity index (χ1) is 18.4. The van der Waals surface area contributed by atoms with Crippen LogP contribution >= 0.6 is 11.6 Å². The van der Waals surface area contributed by atoms with Gasteiger partial charge in [0.25, 0.3) is 11.5 Å². The van der Waals surface area contributed by atoms with Crippen molar-refractivity contribution in [3.63, 3.8) is 0 Å². The Kier molecular flexibility index (Phi) is 8.83. The fourth-order valence-electron chi connectivity index (χ4n) is 3.92. The lowest BCUT2D eigenvalue weighted by molar-refractivity contribution is -0.113. The minimum Gasteiger partial charge on any atom is -0.462 e. The zero-order valence-electron chi connectivity index (χ0n) is 21.1. The van der Waals surface area contributed by atoms with Gasteiger partial charge in [-0.1, -0.05) is 29.8 Å². The Bertz CT molecular complexity index is 1640. The van der Waals surface area contributed by atoms with Crippen molar-refractivity contribution >= 4 is 46.2 Å². The van der Waals surface area contributed by atoms with Crippen LogP contribution < -0.4 is 11.0 Å². The van der Waals surface area contributed by atoms with Crippen molar-refractivity contribution in [3.05, 3.63) is 92.8 Å². The van der Waals surface area contributed by atoms with Gasteiger partial charge in [-0.15, -0.1) is 0 Å². The van der Waals surface area contributed by atoms with E-state index in [1.165, 1.54) is 16.5 Å². The summed E-state index contributed by atoms with van der Waals surface area (Å²) in [5.74, 6) is -1.29. The minimum atomic E-state index is -0.696. The molecule has 4 rings (SSSR count). The van der Waals surface area contributed by atoms with E-state index in [0.717, 1.165) is 5.56 Å². The number of carbonyl (C=O) groups is 2. The number of ether oxygens (including phenoxy) is 2. The third-order valence-electron chi connectivity index (χ3n) is 5.66. The molecule has 0 unspecified atom stereocenters. The third kappa shape index (κ3) is 6.07. The normalized spacial score (nSPS) is 12.0. The quantitative estimate of drug-likeness (QED) is 0.139. The summed E-state index contributed by atoms with van der Waals surface area (Å²) in [7, 11) is 0. The highest BCUT2D eigenvalue weighted by molar-refractivity contribution is 6.30. The van der Waals surface area contributed by atoms with E-state index in [1.54, 1.807) is 66.2 Å². The molecular weight excluding hydrogens is 508 g/mol. The van der Waals surface area contributed by atoms with Crippen molar-refractivity contribution in [2.75, 3.05) is 19.8 Å². The summed E-state index contributed by atoms with van der Waals surface area (Å²) in [5.41, 5.74) is 1.19. The molecule has 9 nitrogen and oxygen atoms in total. The van der Waals surface area contributed by atoms with E-state index in [2.05, 4.69) is 9.98 Å². The molecule has 0 saturated heterocycles. The SMILES string of the molecule is CCOCCCn1c(=NC(=O)/C=C\c2ccc(Cl)cc2)c(C(=O)OCC)cc2c(=O)n3ccccc3nc21. The first kappa shape index (κ1) is 27.0. The molecule has 0 fully saturated rings. The van der Waals surface area contributed by atoms with Crippen LogP contribution in [0.5, 0.6) is 0 Å². The van der Waals surface area contributed by atoms with Crippen molar-refractivity contribution in [3.8, 4) is 0 Å². The van der Waals surface area contributed by atoms with Gasteiger partial charge in [0, 0.05) is 37.1 Å². The van der Waals surface area contributed by atoms with E-state index < -0.39 is 11.9 Å². The molecule has 0 spiro atoms. The molecule has 10 heteroatoms. The molecular formula is C28H27ClN4O5. The van der Waals surface area contributed by atoms with Crippen LogP contribution in [-0.4, -0.2) is 45.6 Å². The van der Waals surface area contributed by atoms with Gasteiger partial charge in [-0.3, -0.25) is 14.0 Å². The van der Waals surface area contributed by atoms with Crippen molar-refractivity contribution < 1.29 is 19.1 Å². The third-order valence-corrected chi connectivity index (χ3v) is 5.92. The van der Waals surface area contributed by atoms with E-state index in [0.29, 0.717) is 42.5 Å². The van der Waals surface area contributed by atoms with Crippen molar-refractivity contribution in [1.29, 1.82) is 0 Å². The molecule has 4 aromatic rings. The summed E-state index contributed by atoms with van der Waals surface area (Å²) in [6.45, 7) is 4.96. The molecule has 0 bridgehead atoms. The van der Waals surface area contributed by atoms with Gasteiger partial charge in [0.15, 0.2) is 5.49 Å². The van der Waals surface area contributed by atoms with Crippen LogP contribution in [0.1, 0.15) is 36.2 Å². The van der Waals surface area contributed by atoms with E-state index in [1.807, 2.05) is 6.92 Å². The highest BCUT2D eigenvalue weighted by Crippen LogP contribution is 2.13. The van der Waals surface area contributed by atoms with Crippen LogP contribution in [0.3, 0.4) is 0 Å². The largest absolute Gasteiger partial charge is 0.462 e. The van der Waals surface area contributed by atoms with Crippen molar-refractivity contribution in [1.82, 2.24) is 14.0 Å². The minimum absolute atomic E-state index is 0.00113. The molecule has 38 heavy (non-hydrogen) atoms. The number of nitrogens with zero attached hydrogens (tertiary/aromatic N) is 4. The number of carbonyl (C=O) groups excluding carboxylic acids is 2. The smallest absolute Gasteiger partial charge is 0.341 e. The van der Waals surface area contributed by atoms with E-state index >= 15 is 0 Å². The molecule has 196 valence electrons. The number of aryl methyl sites for hydroxylation is 1. The summed E-state index contributed by atoms with van der Waals surface area (Å²) >= 11 is 5.93. The second kappa shape index (κ2) is 12.4. The Morgan fingerprint density at radius 2 is 1.89 bits per heavy atom. The average Bonchev–Trinajstić information content (AvgIpc) is 2.92. The molecule has 0 saturated carbocycles. The number of hydrogen-bond acceptors (Lipinski definition) is 6. The van der Waals surface area contributed by atoms with Crippen molar-refractivity contribution in [2.45, 2.75) is 26.8 Å². The lowest BCUT2D eigenvalue weighted by Gasteiger charge is -2.15. The Morgan fingerprint density at radius 1 is 1.11 bits per heavy atom. The van der Waals surface area contributed by atoms with E-state index in [-0.39, 0.29) is 28.6 Å². The standard InChI is InChI=1S/C28H27ClN4O5/c1-3-37-17-7-16-33-25-21(27(35)32-15-6-5-8-23(32)30-25)18-22(28(36)38-4-2)26(33)31-24(34)14-11-19-9-12-20(29)13-10-19/h5-6,8-15,18H,3-4,7,16-17H2,1-2H3/b14-11-,31-26?. The lowest BCUT2D eigenvalue weighted by atomic mass is 10.2. The summed E-state index contributed by atoms with van der Waals surface area (Å²) < 4.78 is 13.8. The van der Waals surface area contributed by atoms with Crippen LogP contribution in [0.2, 0.25) is 5.02 Å². The Hall–Kier alpha value is -4.08. The first-order valence-electron chi connectivity index (χ1n) is 12.2. The van der Waals surface area contributed by atoms with Crippen LogP contribution in [-0.2, 0) is 20.8 Å². The van der Waals surface area contributed by atoms with Crippen molar-refractivity contribution in [2.24, 2.45) is 4.99 Å². The molecule has 1 aromatic carbocycles.